The summed E-state index contributed by atoms with van der Waals surface area (Å²) in [6.45, 7) is 2.45. The Balaban J connectivity index is 2.05. The number of fused-ring (bicyclic) bond motifs is 1. The fourth-order valence-corrected chi connectivity index (χ4v) is 2.58. The van der Waals surface area contributed by atoms with Crippen LogP contribution < -0.4 is 15.2 Å². The Labute approximate surface area is 151 Å². The highest BCUT2D eigenvalue weighted by Crippen LogP contribution is 2.30. The van der Waals surface area contributed by atoms with Crippen molar-refractivity contribution in [2.45, 2.75) is 6.92 Å². The average Bonchev–Trinajstić information content (AvgIpc) is 2.67. The first-order chi connectivity index (χ1) is 12.7. The maximum Gasteiger partial charge on any atom is 0.172 e. The van der Waals surface area contributed by atoms with E-state index in [-0.39, 0.29) is 5.82 Å². The molecule has 0 unspecified atom stereocenters. The van der Waals surface area contributed by atoms with Gasteiger partial charge in [0.15, 0.2) is 17.3 Å². The number of ether oxygens (including phenoxy) is 2. The van der Waals surface area contributed by atoms with Crippen molar-refractivity contribution in [1.29, 1.82) is 5.26 Å². The van der Waals surface area contributed by atoms with Crippen LogP contribution in [0.4, 0.5) is 5.82 Å². The summed E-state index contributed by atoms with van der Waals surface area (Å²) in [5.74, 6) is 1.88. The number of methoxy groups -OCH3 is 1. The van der Waals surface area contributed by atoms with Gasteiger partial charge < -0.3 is 15.2 Å². The summed E-state index contributed by atoms with van der Waals surface area (Å²) in [5, 5.41) is 10.3. The second-order valence-electron chi connectivity index (χ2n) is 5.46. The number of benzene rings is 2. The van der Waals surface area contributed by atoms with E-state index in [9.17, 15) is 5.26 Å². The van der Waals surface area contributed by atoms with Gasteiger partial charge in [0.05, 0.1) is 24.8 Å². The summed E-state index contributed by atoms with van der Waals surface area (Å²) in [5.41, 5.74) is 7.80. The lowest BCUT2D eigenvalue weighted by Gasteiger charge is -2.10. The van der Waals surface area contributed by atoms with Gasteiger partial charge >= 0.3 is 0 Å². The summed E-state index contributed by atoms with van der Waals surface area (Å²) in [6.07, 6.45) is 1.70. The predicted molar refractivity (Wildman–Crippen MR) is 102 cm³/mol. The van der Waals surface area contributed by atoms with E-state index in [1.165, 1.54) is 0 Å². The zero-order valence-electron chi connectivity index (χ0n) is 14.6. The molecule has 26 heavy (non-hydrogen) atoms. The van der Waals surface area contributed by atoms with Crippen LogP contribution in [-0.2, 0) is 0 Å². The topological polar surface area (TPSA) is 94.0 Å². The predicted octanol–water partition coefficient (Wildman–Crippen LogP) is 3.68. The van der Waals surface area contributed by atoms with Crippen LogP contribution in [0.3, 0.4) is 0 Å². The summed E-state index contributed by atoms with van der Waals surface area (Å²) in [4.78, 5) is 8.73. The van der Waals surface area contributed by atoms with Crippen LogP contribution in [0.1, 0.15) is 18.3 Å². The lowest BCUT2D eigenvalue weighted by atomic mass is 10.1. The van der Waals surface area contributed by atoms with Crippen molar-refractivity contribution in [1.82, 2.24) is 9.97 Å². The molecule has 130 valence electrons. The Hall–Kier alpha value is -3.59. The van der Waals surface area contributed by atoms with Crippen molar-refractivity contribution in [3.63, 3.8) is 0 Å². The van der Waals surface area contributed by atoms with Crippen molar-refractivity contribution < 1.29 is 9.47 Å². The number of hydrogen-bond donors (Lipinski definition) is 1. The van der Waals surface area contributed by atoms with E-state index in [0.29, 0.717) is 35.0 Å². The normalized spacial score (nSPS) is 11.2. The molecule has 0 spiro atoms. The van der Waals surface area contributed by atoms with Crippen molar-refractivity contribution in [2.24, 2.45) is 0 Å². The monoisotopic (exact) mass is 346 g/mol. The number of para-hydroxylation sites is 1. The van der Waals surface area contributed by atoms with E-state index < -0.39 is 0 Å². The number of nitrogens with two attached hydrogens (primary N) is 1. The van der Waals surface area contributed by atoms with E-state index in [2.05, 4.69) is 16.0 Å². The zero-order chi connectivity index (χ0) is 18.5. The third-order valence-corrected chi connectivity index (χ3v) is 3.79. The number of rotatable bonds is 5. The molecule has 3 rings (SSSR count). The number of nitrogens with zero attached hydrogens (tertiary/aromatic N) is 3. The van der Waals surface area contributed by atoms with E-state index >= 15 is 0 Å². The van der Waals surface area contributed by atoms with Gasteiger partial charge in [0.25, 0.3) is 0 Å². The maximum absolute atomic E-state index is 9.57. The molecule has 2 aromatic carbocycles. The summed E-state index contributed by atoms with van der Waals surface area (Å²) >= 11 is 0. The molecule has 0 amide bonds. The molecular formula is C20H18N4O2. The molecule has 0 fully saturated rings. The van der Waals surface area contributed by atoms with Crippen LogP contribution in [0.25, 0.3) is 22.6 Å². The molecule has 0 aliphatic carbocycles. The molecule has 3 aromatic rings. The van der Waals surface area contributed by atoms with Gasteiger partial charge in [0.1, 0.15) is 11.9 Å². The first-order valence-electron chi connectivity index (χ1n) is 8.11. The number of nitriles is 1. The summed E-state index contributed by atoms with van der Waals surface area (Å²) < 4.78 is 10.9. The number of nitrogen functional groups attached to an aromatic ring is 1. The van der Waals surface area contributed by atoms with Crippen LogP contribution in [-0.4, -0.2) is 23.7 Å². The van der Waals surface area contributed by atoms with Crippen LogP contribution in [0.5, 0.6) is 11.5 Å². The van der Waals surface area contributed by atoms with Crippen LogP contribution in [0, 0.1) is 11.3 Å². The molecule has 0 aliphatic heterocycles. The summed E-state index contributed by atoms with van der Waals surface area (Å²) in [7, 11) is 1.57. The van der Waals surface area contributed by atoms with Crippen molar-refractivity contribution in [2.75, 3.05) is 19.5 Å². The Morgan fingerprint density at radius 2 is 2.00 bits per heavy atom. The molecule has 6 heteroatoms. The fourth-order valence-electron chi connectivity index (χ4n) is 2.58. The summed E-state index contributed by atoms with van der Waals surface area (Å²) in [6, 6.07) is 15.0. The maximum atomic E-state index is 9.57. The Morgan fingerprint density at radius 1 is 1.19 bits per heavy atom. The number of allylic oxidation sites excluding steroid dienone is 1. The standard InChI is InChI=1S/C20H18N4O2/c1-3-26-17-9-8-13(11-18(17)25-2)10-14(12-21)20-23-16-7-5-4-6-15(16)19(22)24-20/h4-11H,3H2,1-2H3,(H2,22,23,24). The van der Waals surface area contributed by atoms with E-state index in [4.69, 9.17) is 15.2 Å². The number of anilines is 1. The molecular weight excluding hydrogens is 328 g/mol. The minimum atomic E-state index is 0.288. The van der Waals surface area contributed by atoms with E-state index in [1.807, 2.05) is 37.3 Å². The second kappa shape index (κ2) is 7.53. The van der Waals surface area contributed by atoms with Gasteiger partial charge in [-0.1, -0.05) is 18.2 Å². The van der Waals surface area contributed by atoms with Gasteiger partial charge in [-0.15, -0.1) is 0 Å². The quantitative estimate of drug-likeness (QED) is 0.708. The Bertz CT molecular complexity index is 1020. The Kier molecular flexibility index (Phi) is 4.99. The number of aromatic nitrogens is 2. The third-order valence-electron chi connectivity index (χ3n) is 3.79. The lowest BCUT2D eigenvalue weighted by molar-refractivity contribution is 0.311. The van der Waals surface area contributed by atoms with E-state index in [0.717, 1.165) is 10.9 Å². The van der Waals surface area contributed by atoms with Gasteiger partial charge in [-0.05, 0) is 42.8 Å². The third kappa shape index (κ3) is 3.42. The van der Waals surface area contributed by atoms with E-state index in [1.54, 1.807) is 25.3 Å². The first kappa shape index (κ1) is 17.2. The van der Waals surface area contributed by atoms with Crippen LogP contribution in [0.15, 0.2) is 42.5 Å². The highest BCUT2D eigenvalue weighted by molar-refractivity contribution is 5.93. The zero-order valence-corrected chi connectivity index (χ0v) is 14.6. The minimum Gasteiger partial charge on any atom is -0.493 e. The molecule has 0 saturated carbocycles. The molecule has 6 nitrogen and oxygen atoms in total. The van der Waals surface area contributed by atoms with Crippen LogP contribution in [0.2, 0.25) is 0 Å². The minimum absolute atomic E-state index is 0.288. The molecule has 0 bridgehead atoms. The number of hydrogen-bond acceptors (Lipinski definition) is 6. The first-order valence-corrected chi connectivity index (χ1v) is 8.11. The molecule has 0 aliphatic rings. The van der Waals surface area contributed by atoms with Crippen molar-refractivity contribution >= 4 is 28.4 Å². The largest absolute Gasteiger partial charge is 0.493 e. The SMILES string of the molecule is CCOc1ccc(C=C(C#N)c2nc(N)c3ccccc3n2)cc1OC. The molecule has 0 radical (unpaired) electrons. The van der Waals surface area contributed by atoms with Gasteiger partial charge in [-0.2, -0.15) is 5.26 Å². The lowest BCUT2D eigenvalue weighted by Crippen LogP contribution is -2.00. The van der Waals surface area contributed by atoms with Crippen LogP contribution >= 0.6 is 0 Å². The molecule has 0 saturated heterocycles. The van der Waals surface area contributed by atoms with Gasteiger partial charge in [0, 0.05) is 5.39 Å². The highest BCUT2D eigenvalue weighted by Gasteiger charge is 2.11. The molecule has 1 aromatic heterocycles. The average molecular weight is 346 g/mol. The highest BCUT2D eigenvalue weighted by atomic mass is 16.5. The van der Waals surface area contributed by atoms with Gasteiger partial charge in [0.2, 0.25) is 0 Å². The van der Waals surface area contributed by atoms with Gasteiger partial charge in [-0.25, -0.2) is 9.97 Å². The van der Waals surface area contributed by atoms with Gasteiger partial charge in [-0.3, -0.25) is 0 Å². The smallest absolute Gasteiger partial charge is 0.172 e. The molecule has 2 N–H and O–H groups in total. The second-order valence-corrected chi connectivity index (χ2v) is 5.46. The van der Waals surface area contributed by atoms with Crippen molar-refractivity contribution in [3.8, 4) is 17.6 Å². The molecule has 0 atom stereocenters. The van der Waals surface area contributed by atoms with Crippen molar-refractivity contribution in [3.05, 3.63) is 53.9 Å². The Morgan fingerprint density at radius 3 is 2.73 bits per heavy atom. The molecule has 1 heterocycles. The fraction of sp³-hybridized carbons (Fsp3) is 0.150.